The molecule has 0 radical (unpaired) electrons. The molecule has 206 valence electrons. The standard InChI is InChI=1S/C26H22F9NO2/c1-15(37)22(25(31,32)33)36-24(14-16-5-3-2-4-6-16,17-7-9-19(27)10-8-17)18-11-20(28)13-21(12-18)38-26(34,35)23(29)30/h2-13,15,22-23,36-37H,14H2,1H3/t15-,22?,24+/m0/s1. The summed E-state index contributed by atoms with van der Waals surface area (Å²) in [5, 5.41) is 12.3. The Labute approximate surface area is 211 Å². The first-order valence-electron chi connectivity index (χ1n) is 11.1. The van der Waals surface area contributed by atoms with Crippen LogP contribution in [0, 0.1) is 11.6 Å². The molecule has 0 amide bonds. The summed E-state index contributed by atoms with van der Waals surface area (Å²) in [4.78, 5) is 0. The number of alkyl halides is 7. The highest BCUT2D eigenvalue weighted by atomic mass is 19.4. The second-order valence-electron chi connectivity index (χ2n) is 8.62. The Kier molecular flexibility index (Phi) is 8.67. The third-order valence-electron chi connectivity index (χ3n) is 5.76. The van der Waals surface area contributed by atoms with Gasteiger partial charge in [-0.3, -0.25) is 5.32 Å². The van der Waals surface area contributed by atoms with E-state index in [4.69, 9.17) is 0 Å². The zero-order valence-corrected chi connectivity index (χ0v) is 19.6. The van der Waals surface area contributed by atoms with E-state index in [1.54, 1.807) is 18.2 Å². The molecule has 0 aliphatic carbocycles. The van der Waals surface area contributed by atoms with Crippen molar-refractivity contribution < 1.29 is 49.4 Å². The molecule has 0 aromatic heterocycles. The predicted molar refractivity (Wildman–Crippen MR) is 120 cm³/mol. The number of rotatable bonds is 10. The summed E-state index contributed by atoms with van der Waals surface area (Å²) in [5.74, 6) is -3.14. The molecule has 0 aliphatic rings. The fraction of sp³-hybridized carbons (Fsp3) is 0.308. The molecule has 0 spiro atoms. The zero-order valence-electron chi connectivity index (χ0n) is 19.6. The van der Waals surface area contributed by atoms with Crippen LogP contribution in [0.15, 0.2) is 72.8 Å². The minimum absolute atomic E-state index is 0.0742. The summed E-state index contributed by atoms with van der Waals surface area (Å²) >= 11 is 0. The Morgan fingerprint density at radius 3 is 1.95 bits per heavy atom. The van der Waals surface area contributed by atoms with Crippen LogP contribution in [0.4, 0.5) is 39.5 Å². The van der Waals surface area contributed by atoms with E-state index >= 15 is 0 Å². The number of ether oxygens (including phenoxy) is 1. The molecule has 2 N–H and O–H groups in total. The molecule has 3 rings (SSSR count). The van der Waals surface area contributed by atoms with E-state index in [2.05, 4.69) is 10.1 Å². The van der Waals surface area contributed by atoms with Crippen molar-refractivity contribution in [1.29, 1.82) is 0 Å². The van der Waals surface area contributed by atoms with Gasteiger partial charge >= 0.3 is 18.7 Å². The van der Waals surface area contributed by atoms with Crippen LogP contribution in [0.1, 0.15) is 23.6 Å². The molecular weight excluding hydrogens is 529 g/mol. The lowest BCUT2D eigenvalue weighted by atomic mass is 9.77. The molecule has 0 heterocycles. The van der Waals surface area contributed by atoms with Crippen LogP contribution < -0.4 is 10.1 Å². The fourth-order valence-electron chi connectivity index (χ4n) is 4.04. The van der Waals surface area contributed by atoms with Gasteiger partial charge in [-0.2, -0.15) is 30.7 Å². The van der Waals surface area contributed by atoms with Crippen molar-refractivity contribution in [2.24, 2.45) is 0 Å². The molecule has 0 aliphatic heterocycles. The number of hydrogen-bond acceptors (Lipinski definition) is 3. The van der Waals surface area contributed by atoms with Crippen LogP contribution in [0.3, 0.4) is 0 Å². The van der Waals surface area contributed by atoms with E-state index in [1.165, 1.54) is 12.1 Å². The Morgan fingerprint density at radius 2 is 1.42 bits per heavy atom. The number of hydrogen-bond donors (Lipinski definition) is 2. The smallest absolute Gasteiger partial charge is 0.428 e. The first kappa shape index (κ1) is 29.3. The van der Waals surface area contributed by atoms with E-state index in [0.29, 0.717) is 23.8 Å². The average Bonchev–Trinajstić information content (AvgIpc) is 2.81. The molecule has 3 nitrogen and oxygen atoms in total. The quantitative estimate of drug-likeness (QED) is 0.280. The lowest BCUT2D eigenvalue weighted by molar-refractivity contribution is -0.253. The van der Waals surface area contributed by atoms with Gasteiger partial charge in [0.1, 0.15) is 23.4 Å². The Morgan fingerprint density at radius 1 is 0.816 bits per heavy atom. The number of aliphatic hydroxyl groups is 1. The van der Waals surface area contributed by atoms with Crippen molar-refractivity contribution in [2.75, 3.05) is 0 Å². The van der Waals surface area contributed by atoms with Gasteiger partial charge in [-0.25, -0.2) is 8.78 Å². The lowest BCUT2D eigenvalue weighted by Gasteiger charge is -2.41. The topological polar surface area (TPSA) is 41.5 Å². The third kappa shape index (κ3) is 6.79. The normalized spacial score (nSPS) is 15.7. The summed E-state index contributed by atoms with van der Waals surface area (Å²) < 4.78 is 127. The van der Waals surface area contributed by atoms with Gasteiger partial charge in [0.05, 0.1) is 11.6 Å². The van der Waals surface area contributed by atoms with Crippen LogP contribution in [0.2, 0.25) is 0 Å². The van der Waals surface area contributed by atoms with Crippen LogP contribution in [-0.2, 0) is 12.0 Å². The number of aliphatic hydroxyl groups excluding tert-OH is 1. The first-order valence-corrected chi connectivity index (χ1v) is 11.1. The van der Waals surface area contributed by atoms with Gasteiger partial charge < -0.3 is 9.84 Å². The van der Waals surface area contributed by atoms with Crippen molar-refractivity contribution in [3.8, 4) is 5.75 Å². The fourth-order valence-corrected chi connectivity index (χ4v) is 4.04. The van der Waals surface area contributed by atoms with Crippen LogP contribution in [0.5, 0.6) is 5.75 Å². The van der Waals surface area contributed by atoms with E-state index < -0.39 is 65.8 Å². The molecule has 0 bridgehead atoms. The maximum absolute atomic E-state index is 14.7. The lowest BCUT2D eigenvalue weighted by Crippen LogP contribution is -2.59. The van der Waals surface area contributed by atoms with E-state index in [-0.39, 0.29) is 5.56 Å². The maximum Gasteiger partial charge on any atom is 0.461 e. The largest absolute Gasteiger partial charge is 0.461 e. The molecule has 3 aromatic carbocycles. The number of halogens is 9. The third-order valence-corrected chi connectivity index (χ3v) is 5.76. The number of benzene rings is 3. The van der Waals surface area contributed by atoms with Gasteiger partial charge in [0, 0.05) is 6.07 Å². The summed E-state index contributed by atoms with van der Waals surface area (Å²) in [6, 6.07) is 10.9. The second-order valence-corrected chi connectivity index (χ2v) is 8.62. The number of nitrogens with one attached hydrogen (secondary N) is 1. The zero-order chi connectivity index (χ0) is 28.3. The highest BCUT2D eigenvalue weighted by molar-refractivity contribution is 5.45. The molecule has 0 fully saturated rings. The van der Waals surface area contributed by atoms with Crippen molar-refractivity contribution in [3.05, 3.63) is 101 Å². The summed E-state index contributed by atoms with van der Waals surface area (Å²) in [7, 11) is 0. The van der Waals surface area contributed by atoms with Crippen LogP contribution in [-0.4, -0.2) is 36.0 Å². The molecule has 3 atom stereocenters. The summed E-state index contributed by atoms with van der Waals surface area (Å²) in [6.45, 7) is 0.854. The van der Waals surface area contributed by atoms with Crippen molar-refractivity contribution >= 4 is 0 Å². The van der Waals surface area contributed by atoms with Crippen molar-refractivity contribution in [3.63, 3.8) is 0 Å². The van der Waals surface area contributed by atoms with Gasteiger partial charge in [-0.15, -0.1) is 0 Å². The maximum atomic E-state index is 14.7. The second kappa shape index (κ2) is 11.2. The summed E-state index contributed by atoms with van der Waals surface area (Å²) in [5.41, 5.74) is -2.30. The monoisotopic (exact) mass is 551 g/mol. The highest BCUT2D eigenvalue weighted by Gasteiger charge is 2.49. The predicted octanol–water partition coefficient (Wildman–Crippen LogP) is 6.59. The Bertz CT molecular complexity index is 1200. The minimum atomic E-state index is -5.06. The molecule has 12 heteroatoms. The van der Waals surface area contributed by atoms with Crippen molar-refractivity contribution in [2.45, 2.75) is 49.7 Å². The molecule has 1 unspecified atom stereocenters. The molecule has 0 saturated heterocycles. The Balaban J connectivity index is 2.33. The van der Waals surface area contributed by atoms with Crippen LogP contribution in [0.25, 0.3) is 0 Å². The van der Waals surface area contributed by atoms with Gasteiger partial charge in [0.15, 0.2) is 0 Å². The minimum Gasteiger partial charge on any atom is -0.428 e. The van der Waals surface area contributed by atoms with Crippen LogP contribution >= 0.6 is 0 Å². The average molecular weight is 551 g/mol. The summed E-state index contributed by atoms with van der Waals surface area (Å²) in [6.07, 6.45) is -16.8. The molecule has 0 saturated carbocycles. The van der Waals surface area contributed by atoms with E-state index in [0.717, 1.165) is 31.2 Å². The van der Waals surface area contributed by atoms with Gasteiger partial charge in [0.2, 0.25) is 0 Å². The highest BCUT2D eigenvalue weighted by Crippen LogP contribution is 2.40. The molecule has 38 heavy (non-hydrogen) atoms. The van der Waals surface area contributed by atoms with Gasteiger partial charge in [-0.05, 0) is 54.3 Å². The van der Waals surface area contributed by atoms with Gasteiger partial charge in [-0.1, -0.05) is 42.5 Å². The SMILES string of the molecule is C[C@H](O)C(N[C@](Cc1ccccc1)(c1ccc(F)cc1)c1cc(F)cc(OC(F)(F)C(F)F)c1)C(F)(F)F. The first-order chi connectivity index (χ1) is 17.6. The van der Waals surface area contributed by atoms with Crippen molar-refractivity contribution in [1.82, 2.24) is 5.32 Å². The van der Waals surface area contributed by atoms with Gasteiger partial charge in [0.25, 0.3) is 0 Å². The molecular formula is C26H22F9NO2. The van der Waals surface area contributed by atoms with E-state index in [9.17, 15) is 44.6 Å². The van der Waals surface area contributed by atoms with E-state index in [1.807, 2.05) is 0 Å². The Hall–Kier alpha value is -3.25. The molecule has 3 aromatic rings.